The molecule has 0 aliphatic carbocycles. The van der Waals surface area contributed by atoms with E-state index in [9.17, 15) is 24.5 Å². The summed E-state index contributed by atoms with van der Waals surface area (Å²) in [5.41, 5.74) is 0.671. The lowest BCUT2D eigenvalue weighted by Gasteiger charge is -2.34. The highest BCUT2D eigenvalue weighted by Crippen LogP contribution is 2.37. The number of hydrogen-bond acceptors (Lipinski definition) is 7. The first-order valence-electron chi connectivity index (χ1n) is 10.9. The summed E-state index contributed by atoms with van der Waals surface area (Å²) in [4.78, 5) is 52.0. The molecule has 1 saturated heterocycles. The van der Waals surface area contributed by atoms with Crippen molar-refractivity contribution >= 4 is 40.7 Å². The lowest BCUT2D eigenvalue weighted by Crippen LogP contribution is -2.50. The van der Waals surface area contributed by atoms with E-state index in [0.717, 1.165) is 11.8 Å². The van der Waals surface area contributed by atoms with Gasteiger partial charge in [0, 0.05) is 61.7 Å². The van der Waals surface area contributed by atoms with Gasteiger partial charge in [-0.2, -0.15) is 0 Å². The van der Waals surface area contributed by atoms with Crippen molar-refractivity contribution in [2.75, 3.05) is 39.3 Å². The Balaban J connectivity index is 1.76. The maximum atomic E-state index is 12.9. The first-order valence-corrected chi connectivity index (χ1v) is 11.7. The van der Waals surface area contributed by atoms with E-state index >= 15 is 0 Å². The lowest BCUT2D eigenvalue weighted by atomic mass is 10.1. The van der Waals surface area contributed by atoms with Crippen LogP contribution in [0.25, 0.3) is 5.57 Å². The van der Waals surface area contributed by atoms with E-state index in [1.54, 1.807) is 46.2 Å². The Kier molecular flexibility index (Phi) is 8.61. The Bertz CT molecular complexity index is 1160. The van der Waals surface area contributed by atoms with Gasteiger partial charge in [0.1, 0.15) is 0 Å². The SMILES string of the molecule is C=C(C(=O)N1CCN(C(C)=O)CC1)c1ccc(Sc2cccc(C(=O)NCCO)c2)c([N+](=O)[O-])c1. The molecule has 11 heteroatoms. The summed E-state index contributed by atoms with van der Waals surface area (Å²) in [6.45, 7) is 6.89. The van der Waals surface area contributed by atoms with Crippen LogP contribution in [-0.4, -0.2) is 76.9 Å². The van der Waals surface area contributed by atoms with Crippen molar-refractivity contribution in [3.63, 3.8) is 0 Å². The third-order valence-corrected chi connectivity index (χ3v) is 6.55. The Morgan fingerprint density at radius 3 is 2.40 bits per heavy atom. The molecule has 0 radical (unpaired) electrons. The fourth-order valence-electron chi connectivity index (χ4n) is 3.57. The number of benzene rings is 2. The summed E-state index contributed by atoms with van der Waals surface area (Å²) in [7, 11) is 0. The van der Waals surface area contributed by atoms with Crippen LogP contribution >= 0.6 is 11.8 Å². The molecule has 2 aromatic rings. The topological polar surface area (TPSA) is 133 Å². The highest BCUT2D eigenvalue weighted by Gasteiger charge is 2.26. The number of hydrogen-bond donors (Lipinski definition) is 2. The minimum absolute atomic E-state index is 0.0454. The van der Waals surface area contributed by atoms with Gasteiger partial charge in [0.25, 0.3) is 17.5 Å². The molecule has 0 spiro atoms. The van der Waals surface area contributed by atoms with E-state index in [-0.39, 0.29) is 42.1 Å². The number of carbonyl (C=O) groups excluding carboxylic acids is 3. The van der Waals surface area contributed by atoms with Gasteiger partial charge in [0.05, 0.1) is 16.4 Å². The molecule has 184 valence electrons. The van der Waals surface area contributed by atoms with Crippen molar-refractivity contribution in [1.82, 2.24) is 15.1 Å². The fraction of sp³-hybridized carbons (Fsp3) is 0.292. The van der Waals surface area contributed by atoms with E-state index in [4.69, 9.17) is 5.11 Å². The molecule has 0 aromatic heterocycles. The average molecular weight is 499 g/mol. The third-order valence-electron chi connectivity index (χ3n) is 5.50. The molecule has 1 aliphatic rings. The Hall–Kier alpha value is -3.70. The second-order valence-corrected chi connectivity index (χ2v) is 8.94. The van der Waals surface area contributed by atoms with Crippen LogP contribution in [0.3, 0.4) is 0 Å². The number of aliphatic hydroxyl groups is 1. The summed E-state index contributed by atoms with van der Waals surface area (Å²) >= 11 is 1.12. The minimum Gasteiger partial charge on any atom is -0.395 e. The predicted octanol–water partition coefficient (Wildman–Crippen LogP) is 2.17. The van der Waals surface area contributed by atoms with Gasteiger partial charge in [-0.15, -0.1) is 0 Å². The van der Waals surface area contributed by atoms with Gasteiger partial charge < -0.3 is 20.2 Å². The zero-order valence-electron chi connectivity index (χ0n) is 19.2. The van der Waals surface area contributed by atoms with E-state index in [1.165, 1.54) is 13.0 Å². The first-order chi connectivity index (χ1) is 16.7. The van der Waals surface area contributed by atoms with Gasteiger partial charge in [0.2, 0.25) is 5.91 Å². The van der Waals surface area contributed by atoms with Crippen molar-refractivity contribution in [2.45, 2.75) is 16.7 Å². The van der Waals surface area contributed by atoms with Crippen LogP contribution in [0.1, 0.15) is 22.8 Å². The smallest absolute Gasteiger partial charge is 0.283 e. The molecule has 1 heterocycles. The normalized spacial score (nSPS) is 13.3. The minimum atomic E-state index is -0.521. The van der Waals surface area contributed by atoms with Crippen LogP contribution in [0.15, 0.2) is 58.8 Å². The van der Waals surface area contributed by atoms with Gasteiger partial charge in [-0.3, -0.25) is 24.5 Å². The largest absolute Gasteiger partial charge is 0.395 e. The van der Waals surface area contributed by atoms with Crippen LogP contribution in [0, 0.1) is 10.1 Å². The molecule has 1 aliphatic heterocycles. The fourth-order valence-corrected chi connectivity index (χ4v) is 4.53. The van der Waals surface area contributed by atoms with Crippen molar-refractivity contribution < 1.29 is 24.4 Å². The highest BCUT2D eigenvalue weighted by molar-refractivity contribution is 7.99. The Labute approximate surface area is 206 Å². The number of aliphatic hydroxyl groups excluding tert-OH is 1. The number of nitro benzene ring substituents is 1. The molecular weight excluding hydrogens is 472 g/mol. The summed E-state index contributed by atoms with van der Waals surface area (Å²) in [6.07, 6.45) is 0. The monoisotopic (exact) mass is 498 g/mol. The van der Waals surface area contributed by atoms with E-state index < -0.39 is 4.92 Å². The number of carbonyl (C=O) groups is 3. The number of amides is 3. The van der Waals surface area contributed by atoms with Crippen LogP contribution in [-0.2, 0) is 9.59 Å². The van der Waals surface area contributed by atoms with Crippen molar-refractivity contribution in [3.05, 3.63) is 70.3 Å². The molecule has 0 atom stereocenters. The van der Waals surface area contributed by atoms with Crippen LogP contribution in [0.4, 0.5) is 5.69 Å². The molecule has 3 amide bonds. The summed E-state index contributed by atoms with van der Waals surface area (Å²) in [6, 6.07) is 11.1. The maximum Gasteiger partial charge on any atom is 0.283 e. The molecule has 3 rings (SSSR count). The van der Waals surface area contributed by atoms with Gasteiger partial charge in [-0.05, 0) is 29.8 Å². The molecule has 10 nitrogen and oxygen atoms in total. The molecule has 0 saturated carbocycles. The van der Waals surface area contributed by atoms with E-state index in [1.807, 2.05) is 0 Å². The molecule has 0 bridgehead atoms. The molecule has 1 fully saturated rings. The molecule has 2 aromatic carbocycles. The van der Waals surface area contributed by atoms with E-state index in [0.29, 0.717) is 47.1 Å². The number of nitro groups is 1. The average Bonchev–Trinajstić information content (AvgIpc) is 2.86. The number of piperazine rings is 1. The second kappa shape index (κ2) is 11.6. The lowest BCUT2D eigenvalue weighted by molar-refractivity contribution is -0.387. The highest BCUT2D eigenvalue weighted by atomic mass is 32.2. The Morgan fingerprint density at radius 2 is 1.77 bits per heavy atom. The van der Waals surface area contributed by atoms with Crippen molar-refractivity contribution in [3.8, 4) is 0 Å². The first kappa shape index (κ1) is 25.9. The van der Waals surface area contributed by atoms with Gasteiger partial charge >= 0.3 is 0 Å². The summed E-state index contributed by atoms with van der Waals surface area (Å²) in [5, 5.41) is 23.2. The van der Waals surface area contributed by atoms with E-state index in [2.05, 4.69) is 11.9 Å². The molecule has 35 heavy (non-hydrogen) atoms. The standard InChI is InChI=1S/C24H26N4O6S/c1-16(24(32)27-11-9-26(10-12-27)17(2)30)18-6-7-22(21(15-18)28(33)34)35-20-5-3-4-19(14-20)23(31)25-8-13-29/h3-7,14-15,29H,1,8-13H2,2H3,(H,25,31). The zero-order chi connectivity index (χ0) is 25.5. The van der Waals surface area contributed by atoms with Crippen molar-refractivity contribution in [2.24, 2.45) is 0 Å². The zero-order valence-corrected chi connectivity index (χ0v) is 20.0. The number of rotatable bonds is 8. The molecular formula is C24H26N4O6S. The summed E-state index contributed by atoms with van der Waals surface area (Å²) < 4.78 is 0. The van der Waals surface area contributed by atoms with Gasteiger partial charge in [-0.1, -0.05) is 30.5 Å². The molecule has 0 unspecified atom stereocenters. The van der Waals surface area contributed by atoms with Crippen LogP contribution in [0.2, 0.25) is 0 Å². The van der Waals surface area contributed by atoms with Crippen molar-refractivity contribution in [1.29, 1.82) is 0 Å². The quantitative estimate of drug-likeness (QED) is 0.324. The maximum absolute atomic E-state index is 12.9. The Morgan fingerprint density at radius 1 is 1.09 bits per heavy atom. The van der Waals surface area contributed by atoms with Gasteiger partial charge in [-0.25, -0.2) is 0 Å². The van der Waals surface area contributed by atoms with Crippen LogP contribution in [0.5, 0.6) is 0 Å². The molecule has 2 N–H and O–H groups in total. The summed E-state index contributed by atoms with van der Waals surface area (Å²) in [5.74, 6) is -0.731. The number of nitrogens with zero attached hydrogens (tertiary/aromatic N) is 3. The van der Waals surface area contributed by atoms with Crippen LogP contribution < -0.4 is 5.32 Å². The number of nitrogens with one attached hydrogen (secondary N) is 1. The predicted molar refractivity (Wildman–Crippen MR) is 131 cm³/mol. The second-order valence-electron chi connectivity index (χ2n) is 7.83. The third kappa shape index (κ3) is 6.46. The van der Waals surface area contributed by atoms with Gasteiger partial charge in [0.15, 0.2) is 0 Å².